The van der Waals surface area contributed by atoms with E-state index >= 15 is 0 Å². The fraction of sp³-hybridized carbons (Fsp3) is 0.500. The van der Waals surface area contributed by atoms with Crippen LogP contribution in [-0.4, -0.2) is 65.9 Å². The van der Waals surface area contributed by atoms with Crippen molar-refractivity contribution in [2.24, 2.45) is 5.92 Å². The number of carbonyl (C=O) groups excluding carboxylic acids is 2. The summed E-state index contributed by atoms with van der Waals surface area (Å²) >= 11 is 1.41. The van der Waals surface area contributed by atoms with Crippen LogP contribution in [0.5, 0.6) is 0 Å². The molecule has 4 heterocycles. The lowest BCUT2D eigenvalue weighted by Crippen LogP contribution is -2.47. The summed E-state index contributed by atoms with van der Waals surface area (Å²) in [6.45, 7) is 3.29. The summed E-state index contributed by atoms with van der Waals surface area (Å²) < 4.78 is 38.3. The van der Waals surface area contributed by atoms with Gasteiger partial charge in [-0.15, -0.1) is 11.3 Å². The van der Waals surface area contributed by atoms with Crippen molar-refractivity contribution in [1.29, 1.82) is 0 Å². The van der Waals surface area contributed by atoms with Gasteiger partial charge in [0, 0.05) is 45.5 Å². The summed E-state index contributed by atoms with van der Waals surface area (Å²) in [5.41, 5.74) is -0.771. The first-order valence-corrected chi connectivity index (χ1v) is 11.6. The number of anilines is 1. The van der Waals surface area contributed by atoms with Gasteiger partial charge in [-0.3, -0.25) is 9.59 Å². The summed E-state index contributed by atoms with van der Waals surface area (Å²) in [6, 6.07) is 6.07. The number of pyridine rings is 1. The Kier molecular flexibility index (Phi) is 6.68. The number of rotatable bonds is 3. The Hall–Kier alpha value is -2.62. The number of carbonyl (C=O) groups is 2. The van der Waals surface area contributed by atoms with E-state index < -0.39 is 11.7 Å². The van der Waals surface area contributed by atoms with Crippen LogP contribution in [0.2, 0.25) is 0 Å². The monoisotopic (exact) mass is 466 g/mol. The number of halogens is 3. The number of piperidine rings is 1. The summed E-state index contributed by atoms with van der Waals surface area (Å²) in [5, 5.41) is 1.87. The van der Waals surface area contributed by atoms with Gasteiger partial charge in [0.2, 0.25) is 5.91 Å². The van der Waals surface area contributed by atoms with Crippen LogP contribution in [0.1, 0.15) is 34.5 Å². The van der Waals surface area contributed by atoms with Gasteiger partial charge in [-0.05, 0) is 42.8 Å². The van der Waals surface area contributed by atoms with E-state index in [4.69, 9.17) is 0 Å². The van der Waals surface area contributed by atoms with Crippen molar-refractivity contribution in [2.45, 2.75) is 25.4 Å². The molecule has 2 fully saturated rings. The van der Waals surface area contributed by atoms with Gasteiger partial charge >= 0.3 is 6.18 Å². The Labute approximate surface area is 188 Å². The Morgan fingerprint density at radius 1 is 1.00 bits per heavy atom. The lowest BCUT2D eigenvalue weighted by Gasteiger charge is -2.34. The minimum Gasteiger partial charge on any atom is -0.355 e. The molecule has 172 valence electrons. The molecular formula is C22H25F3N4O2S. The normalized spacial score (nSPS) is 20.2. The van der Waals surface area contributed by atoms with Crippen molar-refractivity contribution < 1.29 is 22.8 Å². The summed E-state index contributed by atoms with van der Waals surface area (Å²) in [4.78, 5) is 36.1. The van der Waals surface area contributed by atoms with Crippen LogP contribution < -0.4 is 4.90 Å². The van der Waals surface area contributed by atoms with Crippen LogP contribution >= 0.6 is 11.3 Å². The third-order valence-corrected chi connectivity index (χ3v) is 6.85. The highest BCUT2D eigenvalue weighted by molar-refractivity contribution is 7.12. The van der Waals surface area contributed by atoms with E-state index in [0.717, 1.165) is 25.1 Å². The quantitative estimate of drug-likeness (QED) is 0.692. The molecule has 0 N–H and O–H groups in total. The number of nitrogens with zero attached hydrogens (tertiary/aromatic N) is 4. The average molecular weight is 467 g/mol. The van der Waals surface area contributed by atoms with Gasteiger partial charge < -0.3 is 14.7 Å². The lowest BCUT2D eigenvalue weighted by atomic mass is 9.96. The van der Waals surface area contributed by atoms with Gasteiger partial charge in [-0.25, -0.2) is 4.98 Å². The molecular weight excluding hydrogens is 441 g/mol. The first-order chi connectivity index (χ1) is 15.3. The van der Waals surface area contributed by atoms with E-state index in [0.29, 0.717) is 56.4 Å². The Bertz CT molecular complexity index is 934. The van der Waals surface area contributed by atoms with Crippen LogP contribution in [-0.2, 0) is 11.0 Å². The van der Waals surface area contributed by atoms with Crippen molar-refractivity contribution in [3.8, 4) is 0 Å². The van der Waals surface area contributed by atoms with Crippen molar-refractivity contribution in [2.75, 3.05) is 44.2 Å². The molecule has 2 amide bonds. The summed E-state index contributed by atoms with van der Waals surface area (Å²) in [5.74, 6) is 0.296. The first-order valence-electron chi connectivity index (χ1n) is 10.7. The number of aromatic nitrogens is 1. The highest BCUT2D eigenvalue weighted by atomic mass is 32.1. The Balaban J connectivity index is 1.35. The zero-order valence-corrected chi connectivity index (χ0v) is 18.4. The van der Waals surface area contributed by atoms with E-state index in [1.54, 1.807) is 11.0 Å². The molecule has 32 heavy (non-hydrogen) atoms. The minimum atomic E-state index is -4.41. The second kappa shape index (κ2) is 9.48. The minimum absolute atomic E-state index is 0.0204. The van der Waals surface area contributed by atoms with Gasteiger partial charge in [-0.1, -0.05) is 6.07 Å². The van der Waals surface area contributed by atoms with E-state index in [2.05, 4.69) is 4.98 Å². The van der Waals surface area contributed by atoms with Gasteiger partial charge in [0.15, 0.2) is 0 Å². The van der Waals surface area contributed by atoms with Gasteiger partial charge in [0.1, 0.15) is 5.82 Å². The third-order valence-electron chi connectivity index (χ3n) is 6.00. The first kappa shape index (κ1) is 22.6. The van der Waals surface area contributed by atoms with Crippen molar-refractivity contribution >= 4 is 29.0 Å². The van der Waals surface area contributed by atoms with Crippen LogP contribution in [0, 0.1) is 5.92 Å². The number of hydrogen-bond acceptors (Lipinski definition) is 5. The summed E-state index contributed by atoms with van der Waals surface area (Å²) in [7, 11) is 0. The third kappa shape index (κ3) is 5.06. The summed E-state index contributed by atoms with van der Waals surface area (Å²) in [6.07, 6.45) is -1.30. The molecule has 0 saturated carbocycles. The zero-order valence-electron chi connectivity index (χ0n) is 17.6. The maximum atomic E-state index is 13.2. The molecule has 2 aromatic rings. The van der Waals surface area contributed by atoms with Crippen LogP contribution in [0.25, 0.3) is 0 Å². The van der Waals surface area contributed by atoms with Gasteiger partial charge in [-0.2, -0.15) is 13.2 Å². The van der Waals surface area contributed by atoms with Crippen molar-refractivity contribution in [3.05, 3.63) is 46.3 Å². The topological polar surface area (TPSA) is 56.8 Å². The highest BCUT2D eigenvalue weighted by Crippen LogP contribution is 2.29. The average Bonchev–Trinajstić information content (AvgIpc) is 3.22. The molecule has 0 radical (unpaired) electrons. The molecule has 0 unspecified atom stereocenters. The van der Waals surface area contributed by atoms with Crippen LogP contribution in [0.4, 0.5) is 19.0 Å². The van der Waals surface area contributed by atoms with Crippen molar-refractivity contribution in [3.63, 3.8) is 0 Å². The maximum absolute atomic E-state index is 13.2. The van der Waals surface area contributed by atoms with Gasteiger partial charge in [0.25, 0.3) is 5.91 Å². The predicted octanol–water partition coefficient (Wildman–Crippen LogP) is 3.75. The molecule has 2 aliphatic rings. The van der Waals surface area contributed by atoms with E-state index in [9.17, 15) is 22.8 Å². The standard InChI is InChI=1S/C22H25F3N4O2S/c23-22(24,25)17-6-7-19(26-14-17)27-9-3-10-28(12-11-27)20(30)16-4-1-8-29(15-16)21(31)18-5-2-13-32-18/h2,5-7,13-14,16H,1,3-4,8-12,15H2/t16-/m0/s1. The number of likely N-dealkylation sites (tertiary alicyclic amines) is 1. The Morgan fingerprint density at radius 2 is 1.81 bits per heavy atom. The van der Waals surface area contributed by atoms with Crippen LogP contribution in [0.3, 0.4) is 0 Å². The molecule has 0 aromatic carbocycles. The molecule has 0 bridgehead atoms. The van der Waals surface area contributed by atoms with Gasteiger partial charge in [0.05, 0.1) is 16.4 Å². The molecule has 2 aliphatic heterocycles. The Morgan fingerprint density at radius 3 is 2.50 bits per heavy atom. The molecule has 10 heteroatoms. The maximum Gasteiger partial charge on any atom is 0.417 e. The number of alkyl halides is 3. The molecule has 0 aliphatic carbocycles. The number of amides is 2. The highest BCUT2D eigenvalue weighted by Gasteiger charge is 2.33. The lowest BCUT2D eigenvalue weighted by molar-refractivity contribution is -0.138. The molecule has 2 aromatic heterocycles. The second-order valence-electron chi connectivity index (χ2n) is 8.14. The van der Waals surface area contributed by atoms with E-state index in [1.165, 1.54) is 17.4 Å². The predicted molar refractivity (Wildman–Crippen MR) is 116 cm³/mol. The molecule has 4 rings (SSSR count). The van der Waals surface area contributed by atoms with E-state index in [-0.39, 0.29) is 17.7 Å². The van der Waals surface area contributed by atoms with Crippen LogP contribution in [0.15, 0.2) is 35.8 Å². The molecule has 1 atom stereocenters. The zero-order chi connectivity index (χ0) is 22.7. The molecule has 6 nitrogen and oxygen atoms in total. The largest absolute Gasteiger partial charge is 0.417 e. The number of thiophene rings is 1. The molecule has 2 saturated heterocycles. The second-order valence-corrected chi connectivity index (χ2v) is 9.08. The van der Waals surface area contributed by atoms with E-state index in [1.807, 2.05) is 21.2 Å². The SMILES string of the molecule is O=C(c1cccs1)N1CCC[C@H](C(=O)N2CCCN(c3ccc(C(F)(F)F)cn3)CC2)C1. The molecule has 0 spiro atoms. The number of hydrogen-bond donors (Lipinski definition) is 0. The fourth-order valence-electron chi connectivity index (χ4n) is 4.29. The van der Waals surface area contributed by atoms with Crippen molar-refractivity contribution in [1.82, 2.24) is 14.8 Å². The fourth-order valence-corrected chi connectivity index (χ4v) is 4.98. The smallest absolute Gasteiger partial charge is 0.355 e.